The van der Waals surface area contributed by atoms with E-state index >= 15 is 0 Å². The van der Waals surface area contributed by atoms with E-state index in [1.807, 2.05) is 33.8 Å². The Balaban J connectivity index is 2.22. The van der Waals surface area contributed by atoms with E-state index in [1.165, 1.54) is 0 Å². The third-order valence-electron chi connectivity index (χ3n) is 3.71. The average Bonchev–Trinajstić information content (AvgIpc) is 2.47. The van der Waals surface area contributed by atoms with Crippen molar-refractivity contribution >= 4 is 23.4 Å². The van der Waals surface area contributed by atoms with Gasteiger partial charge in [0, 0.05) is 40.7 Å². The molecule has 0 aliphatic carbocycles. The summed E-state index contributed by atoms with van der Waals surface area (Å²) in [5.74, 6) is 0.500. The fourth-order valence-electron chi connectivity index (χ4n) is 1.93. The predicted octanol–water partition coefficient (Wildman–Crippen LogP) is 1.26. The molecule has 1 atom stereocenters. The smallest absolute Gasteiger partial charge is 0.399 e. The standard InChI is InChI=1S/C13H20BNO3S/c1-12(2)13(3,4)18-14(17-12)11-6-10(7-15-8-11)9-19(5)16/h6-8H,9H2,1-5H3. The van der Waals surface area contributed by atoms with Crippen LogP contribution in [0.5, 0.6) is 0 Å². The van der Waals surface area contributed by atoms with Crippen LogP contribution in [0.4, 0.5) is 0 Å². The summed E-state index contributed by atoms with van der Waals surface area (Å²) < 4.78 is 23.2. The van der Waals surface area contributed by atoms with E-state index in [9.17, 15) is 4.21 Å². The van der Waals surface area contributed by atoms with Gasteiger partial charge in [0.05, 0.1) is 11.2 Å². The van der Waals surface area contributed by atoms with Crippen molar-refractivity contribution < 1.29 is 13.5 Å². The van der Waals surface area contributed by atoms with Gasteiger partial charge in [0.15, 0.2) is 0 Å². The molecule has 19 heavy (non-hydrogen) atoms. The Bertz CT molecular complexity index is 488. The van der Waals surface area contributed by atoms with Crippen molar-refractivity contribution in [3.63, 3.8) is 0 Å². The zero-order chi connectivity index (χ0) is 14.3. The van der Waals surface area contributed by atoms with Crippen molar-refractivity contribution in [3.8, 4) is 0 Å². The summed E-state index contributed by atoms with van der Waals surface area (Å²) in [6.45, 7) is 8.08. The SMILES string of the molecule is CS(=O)Cc1cncc(B2OC(C)(C)C(C)(C)O2)c1. The highest BCUT2D eigenvalue weighted by Crippen LogP contribution is 2.36. The van der Waals surface area contributed by atoms with Crippen LogP contribution in [-0.2, 0) is 25.9 Å². The molecule has 1 saturated heterocycles. The first-order valence-electron chi connectivity index (χ1n) is 6.31. The molecule has 2 heterocycles. The molecule has 6 heteroatoms. The summed E-state index contributed by atoms with van der Waals surface area (Å²) in [7, 11) is -1.29. The first kappa shape index (κ1) is 14.7. The van der Waals surface area contributed by atoms with Crippen LogP contribution in [-0.4, -0.2) is 33.8 Å². The Kier molecular flexibility index (Phi) is 3.86. The van der Waals surface area contributed by atoms with Gasteiger partial charge in [-0.25, -0.2) is 0 Å². The first-order chi connectivity index (χ1) is 8.71. The van der Waals surface area contributed by atoms with E-state index in [2.05, 4.69) is 4.98 Å². The number of rotatable bonds is 3. The Labute approximate surface area is 117 Å². The molecule has 1 fully saturated rings. The maximum atomic E-state index is 11.3. The van der Waals surface area contributed by atoms with Gasteiger partial charge in [-0.05, 0) is 33.3 Å². The molecule has 1 aromatic heterocycles. The zero-order valence-electron chi connectivity index (χ0n) is 12.1. The lowest BCUT2D eigenvalue weighted by molar-refractivity contribution is 0.00578. The third-order valence-corrected chi connectivity index (χ3v) is 4.45. The van der Waals surface area contributed by atoms with Crippen LogP contribution in [0.3, 0.4) is 0 Å². The van der Waals surface area contributed by atoms with E-state index in [-0.39, 0.29) is 11.2 Å². The molecule has 1 unspecified atom stereocenters. The van der Waals surface area contributed by atoms with Crippen LogP contribution in [0.15, 0.2) is 18.5 Å². The summed E-state index contributed by atoms with van der Waals surface area (Å²) in [5, 5.41) is 0. The summed E-state index contributed by atoms with van der Waals surface area (Å²) in [6, 6.07) is 1.95. The minimum Gasteiger partial charge on any atom is -0.399 e. The highest BCUT2D eigenvalue weighted by Gasteiger charge is 2.51. The van der Waals surface area contributed by atoms with E-state index in [0.717, 1.165) is 11.0 Å². The van der Waals surface area contributed by atoms with Crippen LogP contribution >= 0.6 is 0 Å². The Morgan fingerprint density at radius 3 is 2.32 bits per heavy atom. The molecule has 0 amide bonds. The van der Waals surface area contributed by atoms with E-state index in [4.69, 9.17) is 9.31 Å². The monoisotopic (exact) mass is 281 g/mol. The molecule has 1 aliphatic heterocycles. The third kappa shape index (κ3) is 3.07. The van der Waals surface area contributed by atoms with Crippen LogP contribution in [0, 0.1) is 0 Å². The van der Waals surface area contributed by atoms with Gasteiger partial charge < -0.3 is 9.31 Å². The molecule has 0 bridgehead atoms. The molecule has 1 aromatic rings. The van der Waals surface area contributed by atoms with Gasteiger partial charge in [0.25, 0.3) is 0 Å². The predicted molar refractivity (Wildman–Crippen MR) is 77.7 cm³/mol. The molecule has 0 spiro atoms. The van der Waals surface area contributed by atoms with Crippen molar-refractivity contribution in [2.75, 3.05) is 6.26 Å². The molecule has 2 rings (SSSR count). The maximum Gasteiger partial charge on any atom is 0.496 e. The van der Waals surface area contributed by atoms with Crippen LogP contribution in [0.25, 0.3) is 0 Å². The van der Waals surface area contributed by atoms with Crippen LogP contribution in [0.2, 0.25) is 0 Å². The minimum absolute atomic E-state index is 0.360. The molecular formula is C13H20BNO3S. The summed E-state index contributed by atoms with van der Waals surface area (Å²) in [4.78, 5) is 4.18. The highest BCUT2D eigenvalue weighted by atomic mass is 32.2. The quantitative estimate of drug-likeness (QED) is 0.783. The Hall–Kier alpha value is -0.715. The second-order valence-corrected chi connectivity index (χ2v) is 7.37. The lowest BCUT2D eigenvalue weighted by Crippen LogP contribution is -2.41. The van der Waals surface area contributed by atoms with Gasteiger partial charge in [-0.1, -0.05) is 6.07 Å². The van der Waals surface area contributed by atoms with Crippen LogP contribution in [0.1, 0.15) is 33.3 Å². The maximum absolute atomic E-state index is 11.3. The largest absolute Gasteiger partial charge is 0.496 e. The number of nitrogens with zero attached hydrogens (tertiary/aromatic N) is 1. The van der Waals surface area contributed by atoms with E-state index < -0.39 is 17.9 Å². The van der Waals surface area contributed by atoms with Gasteiger partial charge in [-0.15, -0.1) is 0 Å². The summed E-state index contributed by atoms with van der Waals surface area (Å²) in [5.41, 5.74) is 1.09. The minimum atomic E-state index is -0.879. The number of pyridine rings is 1. The van der Waals surface area contributed by atoms with E-state index in [1.54, 1.807) is 18.6 Å². The first-order valence-corrected chi connectivity index (χ1v) is 8.03. The molecule has 0 N–H and O–H groups in total. The fraction of sp³-hybridized carbons (Fsp3) is 0.615. The normalized spacial score (nSPS) is 22.5. The van der Waals surface area contributed by atoms with Crippen molar-refractivity contribution in [2.24, 2.45) is 0 Å². The fourth-order valence-corrected chi connectivity index (χ4v) is 2.56. The lowest BCUT2D eigenvalue weighted by atomic mass is 9.80. The van der Waals surface area contributed by atoms with Gasteiger partial charge in [0.2, 0.25) is 0 Å². The molecular weight excluding hydrogens is 261 g/mol. The summed E-state index contributed by atoms with van der Waals surface area (Å²) >= 11 is 0. The number of hydrogen-bond donors (Lipinski definition) is 0. The summed E-state index contributed by atoms with van der Waals surface area (Å²) in [6.07, 6.45) is 5.15. The number of aromatic nitrogens is 1. The zero-order valence-corrected chi connectivity index (χ0v) is 12.9. The van der Waals surface area contributed by atoms with Crippen molar-refractivity contribution in [1.29, 1.82) is 0 Å². The van der Waals surface area contributed by atoms with Crippen molar-refractivity contribution in [3.05, 3.63) is 24.0 Å². The van der Waals surface area contributed by atoms with Crippen molar-refractivity contribution in [2.45, 2.75) is 44.6 Å². The number of hydrogen-bond acceptors (Lipinski definition) is 4. The Morgan fingerprint density at radius 1 is 1.21 bits per heavy atom. The molecule has 0 saturated carbocycles. The van der Waals surface area contributed by atoms with Gasteiger partial charge in [0.1, 0.15) is 0 Å². The van der Waals surface area contributed by atoms with E-state index in [0.29, 0.717) is 5.75 Å². The van der Waals surface area contributed by atoms with Gasteiger partial charge >= 0.3 is 7.12 Å². The second kappa shape index (κ2) is 5.00. The molecule has 4 nitrogen and oxygen atoms in total. The topological polar surface area (TPSA) is 48.4 Å². The van der Waals surface area contributed by atoms with Crippen LogP contribution < -0.4 is 5.46 Å². The highest BCUT2D eigenvalue weighted by molar-refractivity contribution is 7.83. The van der Waals surface area contributed by atoms with Gasteiger partial charge in [-0.3, -0.25) is 9.19 Å². The molecule has 0 radical (unpaired) electrons. The molecule has 0 aromatic carbocycles. The molecule has 1 aliphatic rings. The molecule has 104 valence electrons. The Morgan fingerprint density at radius 2 is 1.79 bits per heavy atom. The lowest BCUT2D eigenvalue weighted by Gasteiger charge is -2.32. The second-order valence-electron chi connectivity index (χ2n) is 5.93. The average molecular weight is 281 g/mol. The van der Waals surface area contributed by atoms with Crippen molar-refractivity contribution in [1.82, 2.24) is 4.98 Å². The van der Waals surface area contributed by atoms with Gasteiger partial charge in [-0.2, -0.15) is 0 Å².